The molecule has 30 heavy (non-hydrogen) atoms. The maximum atomic E-state index is 13.1. The van der Waals surface area contributed by atoms with E-state index in [0.29, 0.717) is 54.8 Å². The average molecular weight is 455 g/mol. The van der Waals surface area contributed by atoms with E-state index in [4.69, 9.17) is 16.0 Å². The van der Waals surface area contributed by atoms with Gasteiger partial charge in [0.05, 0.1) is 22.9 Å². The SMILES string of the molecule is CCCN(Cc1nnc(-c2ccccc2Cl)o1)C(=O)C1CCN(S(=O)(=O)CC)CC1. The lowest BCUT2D eigenvalue weighted by Gasteiger charge is -2.33. The number of carbonyl (C=O) groups excluding carboxylic acids is 1. The third-order valence-corrected chi connectivity index (χ3v) is 7.47. The van der Waals surface area contributed by atoms with Gasteiger partial charge in [0.2, 0.25) is 27.7 Å². The van der Waals surface area contributed by atoms with Gasteiger partial charge >= 0.3 is 0 Å². The monoisotopic (exact) mass is 454 g/mol. The van der Waals surface area contributed by atoms with Crippen LogP contribution in [0.3, 0.4) is 0 Å². The Balaban J connectivity index is 1.67. The molecule has 0 radical (unpaired) electrons. The standard InChI is InChI=1S/C20H27ClN4O4S/c1-3-11-24(20(26)15-9-12-25(13-10-15)30(27,28)4-2)14-18-22-23-19(29-18)16-7-5-6-8-17(16)21/h5-8,15H,3-4,9-14H2,1-2H3. The molecule has 0 unspecified atom stereocenters. The summed E-state index contributed by atoms with van der Waals surface area (Å²) in [5.74, 6) is 0.544. The molecular formula is C20H27ClN4O4S. The van der Waals surface area contributed by atoms with Crippen LogP contribution in [0, 0.1) is 5.92 Å². The summed E-state index contributed by atoms with van der Waals surface area (Å²) in [7, 11) is -3.21. The lowest BCUT2D eigenvalue weighted by molar-refractivity contribution is -0.137. The first kappa shape index (κ1) is 22.7. The quantitative estimate of drug-likeness (QED) is 0.607. The Labute approximate surface area is 182 Å². The van der Waals surface area contributed by atoms with Crippen molar-refractivity contribution in [2.45, 2.75) is 39.7 Å². The number of piperidine rings is 1. The summed E-state index contributed by atoms with van der Waals surface area (Å²) >= 11 is 6.19. The van der Waals surface area contributed by atoms with Crippen LogP contribution in [0.5, 0.6) is 0 Å². The second-order valence-corrected chi connectivity index (χ2v) is 9.98. The smallest absolute Gasteiger partial charge is 0.249 e. The Bertz CT molecular complexity index is 971. The van der Waals surface area contributed by atoms with Crippen LogP contribution in [0.2, 0.25) is 5.02 Å². The van der Waals surface area contributed by atoms with E-state index < -0.39 is 10.0 Å². The van der Waals surface area contributed by atoms with Gasteiger partial charge in [-0.25, -0.2) is 12.7 Å². The number of hydrogen-bond acceptors (Lipinski definition) is 6. The van der Waals surface area contributed by atoms with Gasteiger partial charge in [0.15, 0.2) is 0 Å². The van der Waals surface area contributed by atoms with Crippen LogP contribution in [-0.4, -0.2) is 59.1 Å². The van der Waals surface area contributed by atoms with Gasteiger partial charge in [0, 0.05) is 25.6 Å². The molecule has 0 atom stereocenters. The fraction of sp³-hybridized carbons (Fsp3) is 0.550. The number of amides is 1. The summed E-state index contributed by atoms with van der Waals surface area (Å²) in [5.41, 5.74) is 0.649. The zero-order valence-corrected chi connectivity index (χ0v) is 18.8. The summed E-state index contributed by atoms with van der Waals surface area (Å²) in [6.07, 6.45) is 1.83. The van der Waals surface area contributed by atoms with Crippen LogP contribution in [0.4, 0.5) is 0 Å². The Hall–Kier alpha value is -1.97. The molecular weight excluding hydrogens is 428 g/mol. The second kappa shape index (κ2) is 9.89. The van der Waals surface area contributed by atoms with Crippen LogP contribution in [-0.2, 0) is 21.4 Å². The van der Waals surface area contributed by atoms with E-state index in [9.17, 15) is 13.2 Å². The molecule has 0 N–H and O–H groups in total. The minimum absolute atomic E-state index is 0.00268. The number of rotatable bonds is 8. The first-order valence-electron chi connectivity index (χ1n) is 10.2. The van der Waals surface area contributed by atoms with Crippen molar-refractivity contribution >= 4 is 27.5 Å². The van der Waals surface area contributed by atoms with Crippen molar-refractivity contribution in [1.82, 2.24) is 19.4 Å². The molecule has 1 fully saturated rings. The summed E-state index contributed by atoms with van der Waals surface area (Å²) in [4.78, 5) is 14.8. The third-order valence-electron chi connectivity index (χ3n) is 5.26. The molecule has 0 spiro atoms. The molecule has 1 aromatic heterocycles. The molecule has 1 aliphatic heterocycles. The summed E-state index contributed by atoms with van der Waals surface area (Å²) in [5, 5.41) is 8.66. The largest absolute Gasteiger partial charge is 0.419 e. The van der Waals surface area contributed by atoms with Crippen molar-refractivity contribution in [1.29, 1.82) is 0 Å². The fourth-order valence-electron chi connectivity index (χ4n) is 3.58. The highest BCUT2D eigenvalue weighted by Crippen LogP contribution is 2.27. The van der Waals surface area contributed by atoms with Gasteiger partial charge in [-0.1, -0.05) is 30.7 Å². The molecule has 8 nitrogen and oxygen atoms in total. The minimum atomic E-state index is -3.21. The molecule has 3 rings (SSSR count). The molecule has 1 aromatic carbocycles. The highest BCUT2D eigenvalue weighted by atomic mass is 35.5. The average Bonchev–Trinajstić information content (AvgIpc) is 3.21. The summed E-state index contributed by atoms with van der Waals surface area (Å²) in [6, 6.07) is 7.20. The van der Waals surface area contributed by atoms with Crippen LogP contribution in [0.15, 0.2) is 28.7 Å². The minimum Gasteiger partial charge on any atom is -0.419 e. The van der Waals surface area contributed by atoms with E-state index in [0.717, 1.165) is 6.42 Å². The first-order chi connectivity index (χ1) is 14.4. The second-order valence-electron chi connectivity index (χ2n) is 7.31. The van der Waals surface area contributed by atoms with Gasteiger partial charge in [0.1, 0.15) is 0 Å². The maximum Gasteiger partial charge on any atom is 0.249 e. The number of sulfonamides is 1. The zero-order valence-electron chi connectivity index (χ0n) is 17.3. The van der Waals surface area contributed by atoms with E-state index in [1.807, 2.05) is 19.1 Å². The first-order valence-corrected chi connectivity index (χ1v) is 12.2. The van der Waals surface area contributed by atoms with Gasteiger partial charge in [-0.15, -0.1) is 10.2 Å². The molecule has 0 aliphatic carbocycles. The molecule has 2 aromatic rings. The van der Waals surface area contributed by atoms with Gasteiger partial charge in [-0.05, 0) is 38.3 Å². The van der Waals surface area contributed by atoms with Crippen LogP contribution < -0.4 is 0 Å². The van der Waals surface area contributed by atoms with E-state index in [2.05, 4.69) is 10.2 Å². The van der Waals surface area contributed by atoms with Crippen molar-refractivity contribution in [3.8, 4) is 11.5 Å². The summed E-state index contributed by atoms with van der Waals surface area (Å²) in [6.45, 7) is 5.18. The molecule has 0 bridgehead atoms. The van der Waals surface area contributed by atoms with E-state index in [1.165, 1.54) is 4.31 Å². The van der Waals surface area contributed by atoms with Gasteiger partial charge in [0.25, 0.3) is 0 Å². The highest BCUT2D eigenvalue weighted by Gasteiger charge is 2.32. The fourth-order valence-corrected chi connectivity index (χ4v) is 4.93. The lowest BCUT2D eigenvalue weighted by atomic mass is 9.96. The molecule has 2 heterocycles. The third kappa shape index (κ3) is 5.19. The Morgan fingerprint density at radius 3 is 2.57 bits per heavy atom. The van der Waals surface area contributed by atoms with Crippen molar-refractivity contribution in [3.63, 3.8) is 0 Å². The van der Waals surface area contributed by atoms with Gasteiger partial charge in [-0.3, -0.25) is 4.79 Å². The number of halogens is 1. The number of benzene rings is 1. The Morgan fingerprint density at radius 1 is 1.23 bits per heavy atom. The normalized spacial score (nSPS) is 16.0. The predicted molar refractivity (Wildman–Crippen MR) is 114 cm³/mol. The van der Waals surface area contributed by atoms with E-state index in [-0.39, 0.29) is 24.1 Å². The molecule has 1 amide bonds. The van der Waals surface area contributed by atoms with Crippen molar-refractivity contribution in [3.05, 3.63) is 35.2 Å². The molecule has 164 valence electrons. The van der Waals surface area contributed by atoms with Crippen molar-refractivity contribution < 1.29 is 17.6 Å². The lowest BCUT2D eigenvalue weighted by Crippen LogP contribution is -2.44. The summed E-state index contributed by atoms with van der Waals surface area (Å²) < 4.78 is 31.3. The van der Waals surface area contributed by atoms with Gasteiger partial charge in [-0.2, -0.15) is 0 Å². The zero-order chi connectivity index (χ0) is 21.7. The van der Waals surface area contributed by atoms with Crippen molar-refractivity contribution in [2.24, 2.45) is 5.92 Å². The topological polar surface area (TPSA) is 96.6 Å². The predicted octanol–water partition coefficient (Wildman–Crippen LogP) is 3.19. The number of nitrogens with zero attached hydrogens (tertiary/aromatic N) is 4. The van der Waals surface area contributed by atoms with E-state index in [1.54, 1.807) is 24.0 Å². The highest BCUT2D eigenvalue weighted by molar-refractivity contribution is 7.89. The molecule has 10 heteroatoms. The van der Waals surface area contributed by atoms with E-state index >= 15 is 0 Å². The number of aromatic nitrogens is 2. The molecule has 1 saturated heterocycles. The Kier molecular flexibility index (Phi) is 7.49. The number of hydrogen-bond donors (Lipinski definition) is 0. The number of carbonyl (C=O) groups is 1. The molecule has 1 aliphatic rings. The van der Waals surface area contributed by atoms with Crippen molar-refractivity contribution in [2.75, 3.05) is 25.4 Å². The Morgan fingerprint density at radius 2 is 1.93 bits per heavy atom. The van der Waals surface area contributed by atoms with Crippen LogP contribution >= 0.6 is 11.6 Å². The van der Waals surface area contributed by atoms with Gasteiger partial charge < -0.3 is 9.32 Å². The van der Waals surface area contributed by atoms with Crippen LogP contribution in [0.25, 0.3) is 11.5 Å². The molecule has 0 saturated carbocycles. The maximum absolute atomic E-state index is 13.1. The van der Waals surface area contributed by atoms with Crippen LogP contribution in [0.1, 0.15) is 39.0 Å².